The summed E-state index contributed by atoms with van der Waals surface area (Å²) in [5.74, 6) is 0. The van der Waals surface area contributed by atoms with Crippen LogP contribution in [0.3, 0.4) is 0 Å². The van der Waals surface area contributed by atoms with E-state index in [1.165, 1.54) is 0 Å². The number of aliphatic imine (C=N–C) groups is 1. The van der Waals surface area contributed by atoms with Crippen molar-refractivity contribution in [3.05, 3.63) is 0 Å². The zero-order chi connectivity index (χ0) is 7.23. The maximum atomic E-state index is 5.01. The van der Waals surface area contributed by atoms with E-state index >= 15 is 0 Å². The second-order valence-electron chi connectivity index (χ2n) is 2.15. The predicted octanol–water partition coefficient (Wildman–Crippen LogP) is -0.472. The molecule has 0 aromatic carbocycles. The molecular formula is C6H13N3O. The molecular weight excluding hydrogens is 130 g/mol. The van der Waals surface area contributed by atoms with Crippen LogP contribution in [-0.2, 0) is 4.84 Å². The molecule has 0 aromatic rings. The number of nitrogens with zero attached hydrogens (tertiary/aromatic N) is 1. The van der Waals surface area contributed by atoms with Crippen LogP contribution in [-0.4, -0.2) is 32.1 Å². The molecule has 0 bridgehead atoms. The van der Waals surface area contributed by atoms with Gasteiger partial charge in [0.1, 0.15) is 0 Å². The smallest absolute Gasteiger partial charge is 0.0825 e. The van der Waals surface area contributed by atoms with E-state index < -0.39 is 0 Å². The minimum atomic E-state index is 0.324. The lowest BCUT2D eigenvalue weighted by molar-refractivity contribution is 0.0271. The van der Waals surface area contributed by atoms with Crippen LogP contribution in [0.1, 0.15) is 6.92 Å². The molecule has 0 aliphatic carbocycles. The summed E-state index contributed by atoms with van der Waals surface area (Å²) in [7, 11) is 0. The molecule has 1 atom stereocenters. The molecule has 0 radical (unpaired) electrons. The highest BCUT2D eigenvalue weighted by Crippen LogP contribution is 1.86. The molecule has 1 unspecified atom stereocenters. The largest absolute Gasteiger partial charge is 0.375 e. The van der Waals surface area contributed by atoms with Crippen molar-refractivity contribution >= 4 is 6.34 Å². The fourth-order valence-electron chi connectivity index (χ4n) is 0.784. The molecule has 1 aliphatic heterocycles. The Morgan fingerprint density at radius 1 is 1.90 bits per heavy atom. The fourth-order valence-corrected chi connectivity index (χ4v) is 0.784. The summed E-state index contributed by atoms with van der Waals surface area (Å²) in [6, 6.07) is 0.324. The summed E-state index contributed by atoms with van der Waals surface area (Å²) >= 11 is 0. The Balaban J connectivity index is 2.10. The van der Waals surface area contributed by atoms with Gasteiger partial charge in [0.2, 0.25) is 0 Å². The summed E-state index contributed by atoms with van der Waals surface area (Å²) in [6.07, 6.45) is 1.73. The first kappa shape index (κ1) is 7.50. The van der Waals surface area contributed by atoms with Crippen LogP contribution < -0.4 is 10.8 Å². The van der Waals surface area contributed by atoms with Crippen molar-refractivity contribution in [2.45, 2.75) is 13.0 Å². The van der Waals surface area contributed by atoms with Crippen LogP contribution in [0.5, 0.6) is 0 Å². The Hall–Kier alpha value is -0.610. The van der Waals surface area contributed by atoms with E-state index in [-0.39, 0.29) is 0 Å². The van der Waals surface area contributed by atoms with Gasteiger partial charge >= 0.3 is 0 Å². The Morgan fingerprint density at radius 3 is 3.40 bits per heavy atom. The maximum Gasteiger partial charge on any atom is 0.0825 e. The second kappa shape index (κ2) is 4.24. The Kier molecular flexibility index (Phi) is 3.18. The molecule has 0 amide bonds. The minimum Gasteiger partial charge on any atom is -0.375 e. The lowest BCUT2D eigenvalue weighted by Gasteiger charge is -2.18. The second-order valence-corrected chi connectivity index (χ2v) is 2.15. The minimum absolute atomic E-state index is 0.324. The van der Waals surface area contributed by atoms with Crippen LogP contribution in [0.15, 0.2) is 4.99 Å². The quantitative estimate of drug-likeness (QED) is 0.525. The highest BCUT2D eigenvalue weighted by molar-refractivity contribution is 5.55. The SMILES string of the molecule is CCONC1CN=CNC1. The molecule has 10 heavy (non-hydrogen) atoms. The third-order valence-corrected chi connectivity index (χ3v) is 1.27. The predicted molar refractivity (Wildman–Crippen MR) is 39.9 cm³/mol. The molecule has 0 saturated carbocycles. The van der Waals surface area contributed by atoms with Crippen LogP contribution >= 0.6 is 0 Å². The molecule has 0 aromatic heterocycles. The van der Waals surface area contributed by atoms with Gasteiger partial charge in [-0.25, -0.2) is 0 Å². The zero-order valence-corrected chi connectivity index (χ0v) is 6.13. The van der Waals surface area contributed by atoms with Gasteiger partial charge in [0, 0.05) is 6.54 Å². The normalized spacial score (nSPS) is 24.3. The van der Waals surface area contributed by atoms with Crippen molar-refractivity contribution in [2.24, 2.45) is 4.99 Å². The monoisotopic (exact) mass is 143 g/mol. The van der Waals surface area contributed by atoms with Crippen molar-refractivity contribution in [3.63, 3.8) is 0 Å². The van der Waals surface area contributed by atoms with Crippen molar-refractivity contribution in [1.29, 1.82) is 0 Å². The highest BCUT2D eigenvalue weighted by atomic mass is 16.6. The molecule has 0 fully saturated rings. The van der Waals surface area contributed by atoms with Gasteiger partial charge in [-0.1, -0.05) is 0 Å². The van der Waals surface area contributed by atoms with Crippen molar-refractivity contribution in [1.82, 2.24) is 10.8 Å². The Labute approximate surface area is 60.6 Å². The topological polar surface area (TPSA) is 45.6 Å². The zero-order valence-electron chi connectivity index (χ0n) is 6.13. The van der Waals surface area contributed by atoms with Crippen molar-refractivity contribution < 1.29 is 4.84 Å². The molecule has 1 aliphatic rings. The van der Waals surface area contributed by atoms with E-state index in [2.05, 4.69) is 15.8 Å². The Morgan fingerprint density at radius 2 is 2.80 bits per heavy atom. The van der Waals surface area contributed by atoms with Crippen LogP contribution in [0.4, 0.5) is 0 Å². The van der Waals surface area contributed by atoms with Gasteiger partial charge in [0.25, 0.3) is 0 Å². The number of hydrogen-bond acceptors (Lipinski definition) is 4. The van der Waals surface area contributed by atoms with E-state index in [9.17, 15) is 0 Å². The number of rotatable bonds is 3. The van der Waals surface area contributed by atoms with E-state index in [1.807, 2.05) is 6.92 Å². The standard InChI is InChI=1S/C6H13N3O/c1-2-10-9-6-3-7-5-8-4-6/h5-6,9H,2-4H2,1H3,(H,7,8). The Bertz CT molecular complexity index is 116. The lowest BCUT2D eigenvalue weighted by Crippen LogP contribution is -2.43. The van der Waals surface area contributed by atoms with Gasteiger partial charge in [0.15, 0.2) is 0 Å². The molecule has 4 nitrogen and oxygen atoms in total. The number of nitrogens with one attached hydrogen (secondary N) is 2. The van der Waals surface area contributed by atoms with Crippen LogP contribution in [0, 0.1) is 0 Å². The van der Waals surface area contributed by atoms with Crippen LogP contribution in [0.2, 0.25) is 0 Å². The van der Waals surface area contributed by atoms with Gasteiger partial charge in [-0.15, -0.1) is 0 Å². The van der Waals surface area contributed by atoms with Gasteiger partial charge in [-0.3, -0.25) is 4.99 Å². The van der Waals surface area contributed by atoms with Crippen molar-refractivity contribution in [3.8, 4) is 0 Å². The van der Waals surface area contributed by atoms with Gasteiger partial charge < -0.3 is 10.2 Å². The molecule has 0 spiro atoms. The molecule has 0 saturated heterocycles. The van der Waals surface area contributed by atoms with Crippen molar-refractivity contribution in [2.75, 3.05) is 19.7 Å². The van der Waals surface area contributed by atoms with Gasteiger partial charge in [0.05, 0.1) is 25.5 Å². The first-order valence-electron chi connectivity index (χ1n) is 3.52. The van der Waals surface area contributed by atoms with E-state index in [4.69, 9.17) is 4.84 Å². The average Bonchev–Trinajstić information content (AvgIpc) is 2.03. The van der Waals surface area contributed by atoms with Crippen LogP contribution in [0.25, 0.3) is 0 Å². The number of hydrogen-bond donors (Lipinski definition) is 2. The first-order valence-corrected chi connectivity index (χ1v) is 3.52. The summed E-state index contributed by atoms with van der Waals surface area (Å²) in [5.41, 5.74) is 2.90. The molecule has 2 N–H and O–H groups in total. The lowest BCUT2D eigenvalue weighted by atomic mass is 10.3. The summed E-state index contributed by atoms with van der Waals surface area (Å²) in [4.78, 5) is 9.04. The molecule has 4 heteroatoms. The molecule has 58 valence electrons. The maximum absolute atomic E-state index is 5.01. The van der Waals surface area contributed by atoms with Gasteiger partial charge in [-0.05, 0) is 6.92 Å². The third-order valence-electron chi connectivity index (χ3n) is 1.27. The molecule has 1 heterocycles. The summed E-state index contributed by atoms with van der Waals surface area (Å²) in [5, 5.41) is 3.01. The fraction of sp³-hybridized carbons (Fsp3) is 0.833. The number of hydroxylamine groups is 1. The summed E-state index contributed by atoms with van der Waals surface area (Å²) in [6.45, 7) is 4.34. The highest BCUT2D eigenvalue weighted by Gasteiger charge is 2.08. The summed E-state index contributed by atoms with van der Waals surface area (Å²) < 4.78 is 0. The molecule has 1 rings (SSSR count). The average molecular weight is 143 g/mol. The van der Waals surface area contributed by atoms with E-state index in [1.54, 1.807) is 6.34 Å². The van der Waals surface area contributed by atoms with E-state index in [0.29, 0.717) is 12.6 Å². The first-order chi connectivity index (χ1) is 4.93. The third kappa shape index (κ3) is 2.33. The van der Waals surface area contributed by atoms with Gasteiger partial charge in [-0.2, -0.15) is 5.48 Å². The van der Waals surface area contributed by atoms with E-state index in [0.717, 1.165) is 13.1 Å².